The zero-order valence-corrected chi connectivity index (χ0v) is 25.4. The summed E-state index contributed by atoms with van der Waals surface area (Å²) in [7, 11) is 0. The van der Waals surface area contributed by atoms with Gasteiger partial charge in [0, 0.05) is 59.5 Å². The first-order valence-corrected chi connectivity index (χ1v) is 15.1. The molecule has 2 aromatic carbocycles. The van der Waals surface area contributed by atoms with Crippen molar-refractivity contribution in [2.24, 2.45) is 0 Å². The Labute approximate surface area is 272 Å². The number of benzene rings is 2. The lowest BCUT2D eigenvalue weighted by molar-refractivity contribution is -0.133. The smallest absolute Gasteiger partial charge is 0.252 e. The first kappa shape index (κ1) is 31.7. The molecule has 47 heavy (non-hydrogen) atoms. The summed E-state index contributed by atoms with van der Waals surface area (Å²) in [6, 6.07) is 16.1. The minimum Gasteiger partial charge on any atom is -0.351 e. The second-order valence-electron chi connectivity index (χ2n) is 11.3. The summed E-state index contributed by atoms with van der Waals surface area (Å²) in [4.78, 5) is 52.9. The maximum atomic E-state index is 15.4. The molecule has 238 valence electrons. The molecular formula is C34H26ClF3N6O3. The molecule has 4 aromatic rings. The highest BCUT2D eigenvalue weighted by Gasteiger charge is 2.48. The first-order chi connectivity index (χ1) is 22.5. The minimum absolute atomic E-state index is 0.0146. The molecule has 0 radical (unpaired) electrons. The lowest BCUT2D eigenvalue weighted by Gasteiger charge is -2.39. The molecule has 0 bridgehead atoms. The van der Waals surface area contributed by atoms with Gasteiger partial charge >= 0.3 is 0 Å². The monoisotopic (exact) mass is 658 g/mol. The van der Waals surface area contributed by atoms with Crippen LogP contribution in [0.25, 0.3) is 11.3 Å². The molecule has 1 N–H and O–H groups in total. The average Bonchev–Trinajstić information content (AvgIpc) is 3.44. The lowest BCUT2D eigenvalue weighted by Crippen LogP contribution is -2.56. The van der Waals surface area contributed by atoms with Crippen LogP contribution in [0.3, 0.4) is 0 Å². The Balaban J connectivity index is 1.51. The highest BCUT2D eigenvalue weighted by atomic mass is 35.5. The second kappa shape index (κ2) is 12.8. The standard InChI is InChI=1S/C34H26ClF3N6O3/c35-26-6-2-1-5-25(26)31(32(46)42-23-17-34(37,38)18-23)43(24-15-21(14-22(36)16-24)27-7-3-4-11-40-27)33(47)28-8-9-30(45)44(28)29-13-20(19-39)10-12-41-29/h1-7,10-16,23,28,31H,8-9,17-18H2,(H,42,46). The molecule has 13 heteroatoms. The zero-order valence-electron chi connectivity index (χ0n) is 24.6. The molecule has 3 amide bonds. The molecular weight excluding hydrogens is 633 g/mol. The number of nitriles is 1. The lowest BCUT2D eigenvalue weighted by atomic mass is 9.87. The van der Waals surface area contributed by atoms with Crippen LogP contribution in [0.1, 0.15) is 42.9 Å². The third-order valence-electron chi connectivity index (χ3n) is 8.12. The second-order valence-corrected chi connectivity index (χ2v) is 11.8. The van der Waals surface area contributed by atoms with Crippen molar-refractivity contribution in [3.63, 3.8) is 0 Å². The molecule has 0 spiro atoms. The molecule has 2 aromatic heterocycles. The Morgan fingerprint density at radius 2 is 1.81 bits per heavy atom. The van der Waals surface area contributed by atoms with Crippen LogP contribution in [0.5, 0.6) is 0 Å². The molecule has 2 unspecified atom stereocenters. The van der Waals surface area contributed by atoms with E-state index in [0.29, 0.717) is 5.69 Å². The number of aromatic nitrogens is 2. The van der Waals surface area contributed by atoms with Gasteiger partial charge in [0.05, 0.1) is 17.3 Å². The maximum Gasteiger partial charge on any atom is 0.252 e. The zero-order chi connectivity index (χ0) is 33.3. The summed E-state index contributed by atoms with van der Waals surface area (Å²) in [5.74, 6) is -5.69. The summed E-state index contributed by atoms with van der Waals surface area (Å²) in [6.07, 6.45) is 1.64. The van der Waals surface area contributed by atoms with Crippen LogP contribution >= 0.6 is 11.6 Å². The third-order valence-corrected chi connectivity index (χ3v) is 8.46. The van der Waals surface area contributed by atoms with E-state index in [-0.39, 0.29) is 46.1 Å². The van der Waals surface area contributed by atoms with E-state index in [0.717, 1.165) is 15.9 Å². The number of carbonyl (C=O) groups excluding carboxylic acids is 3. The fourth-order valence-corrected chi connectivity index (χ4v) is 6.16. The van der Waals surface area contributed by atoms with E-state index in [2.05, 4.69) is 15.3 Å². The van der Waals surface area contributed by atoms with Crippen LogP contribution in [-0.2, 0) is 14.4 Å². The third kappa shape index (κ3) is 6.53. The Morgan fingerprint density at radius 1 is 1.04 bits per heavy atom. The number of anilines is 2. The quantitative estimate of drug-likeness (QED) is 0.248. The van der Waals surface area contributed by atoms with Crippen molar-refractivity contribution in [2.45, 2.75) is 49.7 Å². The Bertz CT molecular complexity index is 1900. The normalized spacial score (nSPS) is 17.8. The summed E-state index contributed by atoms with van der Waals surface area (Å²) in [5.41, 5.74) is 0.959. The molecule has 1 saturated heterocycles. The molecule has 9 nitrogen and oxygen atoms in total. The van der Waals surface area contributed by atoms with Crippen molar-refractivity contribution < 1.29 is 27.6 Å². The van der Waals surface area contributed by atoms with E-state index in [1.54, 1.807) is 30.3 Å². The van der Waals surface area contributed by atoms with Gasteiger partial charge in [0.2, 0.25) is 11.8 Å². The van der Waals surface area contributed by atoms with Crippen molar-refractivity contribution in [3.05, 3.63) is 107 Å². The van der Waals surface area contributed by atoms with Gasteiger partial charge in [-0.05, 0) is 55.0 Å². The van der Waals surface area contributed by atoms with E-state index in [4.69, 9.17) is 11.6 Å². The number of alkyl halides is 2. The first-order valence-electron chi connectivity index (χ1n) is 14.7. The van der Waals surface area contributed by atoms with Gasteiger partial charge in [0.25, 0.3) is 11.8 Å². The predicted octanol–water partition coefficient (Wildman–Crippen LogP) is 5.99. The van der Waals surface area contributed by atoms with Crippen molar-refractivity contribution in [3.8, 4) is 17.3 Å². The number of hydrogen-bond donors (Lipinski definition) is 1. The fourth-order valence-electron chi connectivity index (χ4n) is 5.92. The van der Waals surface area contributed by atoms with Gasteiger partial charge in [-0.2, -0.15) is 5.26 Å². The number of nitrogens with one attached hydrogen (secondary N) is 1. The van der Waals surface area contributed by atoms with Gasteiger partial charge in [-0.3, -0.25) is 29.2 Å². The number of nitrogens with zero attached hydrogens (tertiary/aromatic N) is 5. The van der Waals surface area contributed by atoms with Crippen molar-refractivity contribution in [2.75, 3.05) is 9.80 Å². The van der Waals surface area contributed by atoms with Crippen LogP contribution < -0.4 is 15.1 Å². The number of carbonyl (C=O) groups is 3. The van der Waals surface area contributed by atoms with Crippen molar-refractivity contribution >= 4 is 40.8 Å². The van der Waals surface area contributed by atoms with Gasteiger partial charge in [-0.25, -0.2) is 18.2 Å². The average molecular weight is 659 g/mol. The Kier molecular flexibility index (Phi) is 8.66. The van der Waals surface area contributed by atoms with Crippen LogP contribution in [0, 0.1) is 17.1 Å². The summed E-state index contributed by atoms with van der Waals surface area (Å²) in [6.45, 7) is 0. The molecule has 6 rings (SSSR count). The SMILES string of the molecule is N#Cc1ccnc(N2C(=O)CCC2C(=O)N(c2cc(F)cc(-c3ccccn3)c2)C(C(=O)NC2CC(F)(F)C2)c2ccccc2Cl)c1. The van der Waals surface area contributed by atoms with Crippen LogP contribution in [0.4, 0.5) is 24.7 Å². The highest BCUT2D eigenvalue weighted by molar-refractivity contribution is 6.31. The van der Waals surface area contributed by atoms with Gasteiger partial charge in [0.1, 0.15) is 23.7 Å². The van der Waals surface area contributed by atoms with Crippen LogP contribution in [-0.4, -0.2) is 45.7 Å². The van der Waals surface area contributed by atoms with Crippen molar-refractivity contribution in [1.82, 2.24) is 15.3 Å². The van der Waals surface area contributed by atoms with E-state index < -0.39 is 60.4 Å². The van der Waals surface area contributed by atoms with E-state index in [1.165, 1.54) is 48.8 Å². The number of rotatable bonds is 8. The molecule has 2 atom stereocenters. The van der Waals surface area contributed by atoms with E-state index >= 15 is 4.39 Å². The molecule has 2 aliphatic rings. The molecule has 1 saturated carbocycles. The Hall–Kier alpha value is -5.28. The van der Waals surface area contributed by atoms with Gasteiger partial charge in [0.15, 0.2) is 0 Å². The summed E-state index contributed by atoms with van der Waals surface area (Å²) >= 11 is 6.60. The largest absolute Gasteiger partial charge is 0.351 e. The summed E-state index contributed by atoms with van der Waals surface area (Å²) in [5, 5.41) is 12.1. The molecule has 2 fully saturated rings. The molecule has 1 aliphatic carbocycles. The minimum atomic E-state index is -2.94. The van der Waals surface area contributed by atoms with Gasteiger partial charge in [-0.1, -0.05) is 35.9 Å². The molecule has 1 aliphatic heterocycles. The predicted molar refractivity (Wildman–Crippen MR) is 167 cm³/mol. The van der Waals surface area contributed by atoms with Gasteiger partial charge in [-0.15, -0.1) is 0 Å². The van der Waals surface area contributed by atoms with Crippen LogP contribution in [0.15, 0.2) is 85.2 Å². The number of hydrogen-bond acceptors (Lipinski definition) is 6. The van der Waals surface area contributed by atoms with E-state index in [1.807, 2.05) is 6.07 Å². The fraction of sp³-hybridized carbons (Fsp3) is 0.235. The highest BCUT2D eigenvalue weighted by Crippen LogP contribution is 2.40. The number of pyridine rings is 2. The van der Waals surface area contributed by atoms with E-state index in [9.17, 15) is 28.4 Å². The number of halogens is 4. The van der Waals surface area contributed by atoms with Crippen LogP contribution in [0.2, 0.25) is 5.02 Å². The molecule has 3 heterocycles. The topological polar surface area (TPSA) is 119 Å². The Morgan fingerprint density at radius 3 is 2.51 bits per heavy atom. The number of amides is 3. The summed E-state index contributed by atoms with van der Waals surface area (Å²) < 4.78 is 43.0. The maximum absolute atomic E-state index is 15.4. The van der Waals surface area contributed by atoms with Crippen molar-refractivity contribution in [1.29, 1.82) is 5.26 Å². The van der Waals surface area contributed by atoms with Gasteiger partial charge < -0.3 is 5.32 Å².